The second-order valence-electron chi connectivity index (χ2n) is 28.6. The summed E-state index contributed by atoms with van der Waals surface area (Å²) in [6, 6.07) is 0. The molecule has 0 radical (unpaired) electrons. The fourth-order valence-corrected chi connectivity index (χ4v) is 13.1. The molecule has 19 heteroatoms. The number of carbonyl (C=O) groups excluding carboxylic acids is 4. The van der Waals surface area contributed by atoms with E-state index in [2.05, 4.69) is 48.5 Å². The van der Waals surface area contributed by atoms with Crippen LogP contribution in [0.25, 0.3) is 0 Å². The number of aliphatic hydroxyl groups excluding tert-OH is 1. The molecule has 3 unspecified atom stereocenters. The number of hydrogen-bond donors (Lipinski definition) is 3. The van der Waals surface area contributed by atoms with E-state index < -0.39 is 97.5 Å². The number of carbonyl (C=O) groups is 4. The summed E-state index contributed by atoms with van der Waals surface area (Å²) in [6.45, 7) is 11.9. The molecule has 0 bridgehead atoms. The molecule has 3 N–H and O–H groups in total. The molecule has 0 aromatic carbocycles. The minimum absolute atomic E-state index is 0.105. The lowest BCUT2D eigenvalue weighted by Crippen LogP contribution is -2.30. The van der Waals surface area contributed by atoms with Crippen molar-refractivity contribution in [3.63, 3.8) is 0 Å². The lowest BCUT2D eigenvalue weighted by Gasteiger charge is -2.21. The van der Waals surface area contributed by atoms with Crippen LogP contribution in [0.3, 0.4) is 0 Å². The van der Waals surface area contributed by atoms with Crippen molar-refractivity contribution in [1.29, 1.82) is 0 Å². The third kappa shape index (κ3) is 69.0. The summed E-state index contributed by atoms with van der Waals surface area (Å²) in [4.78, 5) is 72.8. The van der Waals surface area contributed by atoms with Crippen LogP contribution in [0.4, 0.5) is 0 Å². The number of phosphoric acid groups is 2. The zero-order valence-corrected chi connectivity index (χ0v) is 63.9. The van der Waals surface area contributed by atoms with Crippen LogP contribution in [0.15, 0.2) is 0 Å². The van der Waals surface area contributed by atoms with Gasteiger partial charge in [0, 0.05) is 25.7 Å². The Morgan fingerprint density at radius 3 is 0.800 bits per heavy atom. The highest BCUT2D eigenvalue weighted by Crippen LogP contribution is 2.45. The number of hydrogen-bond acceptors (Lipinski definition) is 15. The molecule has 0 saturated carbocycles. The van der Waals surface area contributed by atoms with Gasteiger partial charge in [0.1, 0.15) is 19.3 Å². The van der Waals surface area contributed by atoms with Gasteiger partial charge >= 0.3 is 39.5 Å². The number of esters is 4. The minimum atomic E-state index is -4.96. The first-order valence-corrected chi connectivity index (χ1v) is 42.4. The molecule has 0 aliphatic rings. The molecule has 0 heterocycles. The number of unbranched alkanes of at least 4 members (excludes halogenated alkanes) is 41. The Bertz CT molecular complexity index is 1850. The van der Waals surface area contributed by atoms with E-state index in [0.717, 1.165) is 108 Å². The van der Waals surface area contributed by atoms with Crippen molar-refractivity contribution < 1.29 is 80.2 Å². The van der Waals surface area contributed by atoms with Crippen molar-refractivity contribution in [2.75, 3.05) is 39.6 Å². The summed E-state index contributed by atoms with van der Waals surface area (Å²) in [7, 11) is -9.91. The Labute approximate surface area is 581 Å². The monoisotopic (exact) mass is 1400 g/mol. The van der Waals surface area contributed by atoms with E-state index >= 15 is 0 Å². The van der Waals surface area contributed by atoms with Crippen molar-refractivity contribution in [1.82, 2.24) is 0 Å². The van der Waals surface area contributed by atoms with Crippen LogP contribution >= 0.6 is 15.6 Å². The molecule has 17 nitrogen and oxygen atoms in total. The van der Waals surface area contributed by atoms with E-state index in [1.807, 2.05) is 0 Å². The maximum absolute atomic E-state index is 13.1. The van der Waals surface area contributed by atoms with Crippen LogP contribution in [0.1, 0.15) is 389 Å². The van der Waals surface area contributed by atoms with Gasteiger partial charge in [0.05, 0.1) is 26.4 Å². The maximum Gasteiger partial charge on any atom is 0.472 e. The van der Waals surface area contributed by atoms with E-state index in [9.17, 15) is 43.2 Å². The van der Waals surface area contributed by atoms with Crippen LogP contribution in [0.5, 0.6) is 0 Å². The van der Waals surface area contributed by atoms with Crippen molar-refractivity contribution in [2.45, 2.75) is 407 Å². The molecular formula is C76H148O17P2. The topological polar surface area (TPSA) is 237 Å². The van der Waals surface area contributed by atoms with Crippen molar-refractivity contribution >= 4 is 39.5 Å². The van der Waals surface area contributed by atoms with Gasteiger partial charge in [0.2, 0.25) is 0 Å². The summed E-state index contributed by atoms with van der Waals surface area (Å²) in [6.07, 6.45) is 52.6. The molecule has 95 heavy (non-hydrogen) atoms. The maximum atomic E-state index is 13.1. The van der Waals surface area contributed by atoms with Gasteiger partial charge < -0.3 is 33.8 Å². The van der Waals surface area contributed by atoms with Gasteiger partial charge in [-0.3, -0.25) is 37.3 Å². The molecule has 0 aliphatic carbocycles. The minimum Gasteiger partial charge on any atom is -0.462 e. The largest absolute Gasteiger partial charge is 0.472 e. The van der Waals surface area contributed by atoms with Gasteiger partial charge in [-0.2, -0.15) is 0 Å². The van der Waals surface area contributed by atoms with E-state index in [4.69, 9.17) is 37.0 Å². The Morgan fingerprint density at radius 2 is 0.537 bits per heavy atom. The lowest BCUT2D eigenvalue weighted by atomic mass is 9.99. The highest BCUT2D eigenvalue weighted by atomic mass is 31.2. The SMILES string of the molecule is CCCCCCCCCCCCCCCCCCC(=O)O[C@H](COC(=O)CCCCCCCCCCCCCCC(C)C)COP(=O)(O)OC[C@@H](O)COP(=O)(O)OC[C@@H](COC(=O)CCCCCCCCCC(C)C)OC(=O)CCCCCCCCCCCCC(C)CC. The fourth-order valence-electron chi connectivity index (χ4n) is 11.6. The van der Waals surface area contributed by atoms with Crippen molar-refractivity contribution in [3.05, 3.63) is 0 Å². The quantitative estimate of drug-likeness (QED) is 0.0222. The van der Waals surface area contributed by atoms with Crippen LogP contribution in [-0.2, 0) is 65.4 Å². The van der Waals surface area contributed by atoms with Gasteiger partial charge in [0.25, 0.3) is 0 Å². The molecule has 0 aromatic rings. The fraction of sp³-hybridized carbons (Fsp3) is 0.947. The molecule has 0 rings (SSSR count). The van der Waals surface area contributed by atoms with Crippen LogP contribution in [-0.4, -0.2) is 96.7 Å². The third-order valence-electron chi connectivity index (χ3n) is 18.0. The number of aliphatic hydroxyl groups is 1. The number of phosphoric ester groups is 2. The average molecular weight is 1400 g/mol. The molecule has 0 fully saturated rings. The Balaban J connectivity index is 5.26. The smallest absolute Gasteiger partial charge is 0.462 e. The zero-order valence-electron chi connectivity index (χ0n) is 62.1. The van der Waals surface area contributed by atoms with E-state index in [1.165, 1.54) is 193 Å². The van der Waals surface area contributed by atoms with Gasteiger partial charge in [-0.05, 0) is 43.4 Å². The van der Waals surface area contributed by atoms with E-state index in [1.54, 1.807) is 0 Å². The van der Waals surface area contributed by atoms with Gasteiger partial charge in [-0.1, -0.05) is 337 Å². The first kappa shape index (κ1) is 93.1. The van der Waals surface area contributed by atoms with Gasteiger partial charge in [-0.15, -0.1) is 0 Å². The molecule has 0 aromatic heterocycles. The van der Waals surface area contributed by atoms with E-state index in [-0.39, 0.29) is 25.7 Å². The Kier molecular flexibility index (Phi) is 65.2. The summed E-state index contributed by atoms with van der Waals surface area (Å²) in [5.74, 6) is 0.172. The first-order chi connectivity index (χ1) is 45.8. The molecule has 0 spiro atoms. The molecular weight excluding hydrogens is 1250 g/mol. The number of ether oxygens (including phenoxy) is 4. The Morgan fingerprint density at radius 1 is 0.305 bits per heavy atom. The van der Waals surface area contributed by atoms with Crippen LogP contribution < -0.4 is 0 Å². The third-order valence-corrected chi connectivity index (χ3v) is 19.9. The summed E-state index contributed by atoms with van der Waals surface area (Å²) in [5, 5.41) is 10.6. The second-order valence-corrected chi connectivity index (χ2v) is 31.5. The normalized spacial score (nSPS) is 14.4. The lowest BCUT2D eigenvalue weighted by molar-refractivity contribution is -0.161. The molecule has 564 valence electrons. The van der Waals surface area contributed by atoms with Gasteiger partial charge in [0.15, 0.2) is 12.2 Å². The zero-order chi connectivity index (χ0) is 70.1. The standard InChI is InChI=1S/C76H148O17P2/c1-8-10-11-12-13-14-15-16-17-18-19-24-30-37-45-52-59-75(80)92-71(63-86-73(78)57-50-43-36-29-23-21-20-22-27-33-40-47-54-67(3)4)65-90-94(82,83)88-61-70(77)62-89-95(84,85)91-66-72(64-87-74(79)58-51-44-39-32-34-41-48-55-68(5)6)93-76(81)60-53-46-38-31-26-25-28-35-42-49-56-69(7)9-2/h67-72,77H,8-66H2,1-7H3,(H,82,83)(H,84,85)/t69?,70-,71-,72-/m1/s1. The second kappa shape index (κ2) is 66.6. The van der Waals surface area contributed by atoms with E-state index in [0.29, 0.717) is 31.6 Å². The molecule has 0 amide bonds. The van der Waals surface area contributed by atoms with Gasteiger partial charge in [-0.25, -0.2) is 9.13 Å². The molecule has 0 saturated heterocycles. The first-order valence-electron chi connectivity index (χ1n) is 39.4. The van der Waals surface area contributed by atoms with Crippen LogP contribution in [0, 0.1) is 17.8 Å². The summed E-state index contributed by atoms with van der Waals surface area (Å²) >= 11 is 0. The summed E-state index contributed by atoms with van der Waals surface area (Å²) < 4.78 is 68.5. The average Bonchev–Trinajstić information content (AvgIpc) is 1.57. The summed E-state index contributed by atoms with van der Waals surface area (Å²) in [5.41, 5.74) is 0. The van der Waals surface area contributed by atoms with Crippen molar-refractivity contribution in [3.8, 4) is 0 Å². The van der Waals surface area contributed by atoms with Crippen molar-refractivity contribution in [2.24, 2.45) is 17.8 Å². The Hall–Kier alpha value is -1.94. The predicted molar refractivity (Wildman–Crippen MR) is 386 cm³/mol. The number of rotatable bonds is 74. The predicted octanol–water partition coefficient (Wildman–Crippen LogP) is 22.2. The van der Waals surface area contributed by atoms with Crippen LogP contribution in [0.2, 0.25) is 0 Å². The highest BCUT2D eigenvalue weighted by Gasteiger charge is 2.30. The molecule has 6 atom stereocenters. The highest BCUT2D eigenvalue weighted by molar-refractivity contribution is 7.47. The molecule has 0 aliphatic heterocycles.